The number of rotatable bonds is 2. The standard InChI is InChI=1S/C19H19N3O3/c1-12(23)16-11-22(18(24)25-19(2,3)4)17-6-5-13(9-15(16)17)14-7-8-20-21-10-14/h5-11H,1-4H3. The van der Waals surface area contributed by atoms with Gasteiger partial charge in [0.1, 0.15) is 5.60 Å². The molecule has 2 aromatic heterocycles. The lowest BCUT2D eigenvalue weighted by Crippen LogP contribution is -2.26. The Morgan fingerprint density at radius 2 is 1.84 bits per heavy atom. The fourth-order valence-electron chi connectivity index (χ4n) is 2.61. The molecule has 3 rings (SSSR count). The van der Waals surface area contributed by atoms with Crippen LogP contribution in [0.3, 0.4) is 0 Å². The zero-order valence-electron chi connectivity index (χ0n) is 14.6. The largest absolute Gasteiger partial charge is 0.443 e. The SMILES string of the molecule is CC(=O)c1cn(C(=O)OC(C)(C)C)c2ccc(-c3ccnnc3)cc12. The second-order valence-corrected chi connectivity index (χ2v) is 6.81. The van der Waals surface area contributed by atoms with Gasteiger partial charge in [-0.2, -0.15) is 10.2 Å². The van der Waals surface area contributed by atoms with Crippen molar-refractivity contribution in [2.45, 2.75) is 33.3 Å². The highest BCUT2D eigenvalue weighted by molar-refractivity contribution is 6.09. The fraction of sp³-hybridized carbons (Fsp3) is 0.263. The molecule has 0 aliphatic heterocycles. The first-order valence-electron chi connectivity index (χ1n) is 7.93. The number of Topliss-reactive ketones (excluding diaryl/α,β-unsaturated/α-hetero) is 1. The molecule has 0 aliphatic carbocycles. The highest BCUT2D eigenvalue weighted by atomic mass is 16.6. The van der Waals surface area contributed by atoms with Gasteiger partial charge in [0.15, 0.2) is 5.78 Å². The van der Waals surface area contributed by atoms with E-state index < -0.39 is 11.7 Å². The monoisotopic (exact) mass is 337 g/mol. The second-order valence-electron chi connectivity index (χ2n) is 6.81. The normalized spacial score (nSPS) is 11.5. The zero-order chi connectivity index (χ0) is 18.2. The van der Waals surface area contributed by atoms with Crippen molar-refractivity contribution >= 4 is 22.8 Å². The predicted octanol–water partition coefficient (Wildman–Crippen LogP) is 4.08. The number of hydrogen-bond acceptors (Lipinski definition) is 5. The number of fused-ring (bicyclic) bond motifs is 1. The zero-order valence-corrected chi connectivity index (χ0v) is 14.6. The molecule has 0 saturated carbocycles. The first kappa shape index (κ1) is 16.8. The molecular weight excluding hydrogens is 318 g/mol. The smallest absolute Gasteiger partial charge is 0.419 e. The molecule has 0 amide bonds. The van der Waals surface area contributed by atoms with Crippen molar-refractivity contribution in [3.63, 3.8) is 0 Å². The number of ether oxygens (including phenoxy) is 1. The Morgan fingerprint density at radius 1 is 1.08 bits per heavy atom. The van der Waals surface area contributed by atoms with Gasteiger partial charge < -0.3 is 4.74 Å². The van der Waals surface area contributed by atoms with Crippen LogP contribution in [0.2, 0.25) is 0 Å². The maximum absolute atomic E-state index is 12.5. The molecule has 0 spiro atoms. The van der Waals surface area contributed by atoms with Crippen molar-refractivity contribution < 1.29 is 14.3 Å². The van der Waals surface area contributed by atoms with E-state index in [1.807, 2.05) is 18.2 Å². The fourth-order valence-corrected chi connectivity index (χ4v) is 2.61. The number of nitrogens with zero attached hydrogens (tertiary/aromatic N) is 3. The van der Waals surface area contributed by atoms with Gasteiger partial charge in [-0.25, -0.2) is 4.79 Å². The van der Waals surface area contributed by atoms with Gasteiger partial charge in [0, 0.05) is 22.7 Å². The summed E-state index contributed by atoms with van der Waals surface area (Å²) in [5.74, 6) is -0.114. The van der Waals surface area contributed by atoms with E-state index in [9.17, 15) is 9.59 Å². The Hall–Kier alpha value is -3.02. The minimum absolute atomic E-state index is 0.114. The number of benzene rings is 1. The molecule has 6 nitrogen and oxygen atoms in total. The molecule has 0 unspecified atom stereocenters. The lowest BCUT2D eigenvalue weighted by atomic mass is 10.0. The van der Waals surface area contributed by atoms with Crippen molar-refractivity contribution in [3.05, 3.63) is 48.4 Å². The van der Waals surface area contributed by atoms with Gasteiger partial charge in [0.05, 0.1) is 17.9 Å². The summed E-state index contributed by atoms with van der Waals surface area (Å²) in [5, 5.41) is 8.35. The molecule has 2 heterocycles. The van der Waals surface area contributed by atoms with Crippen LogP contribution in [0, 0.1) is 0 Å². The molecular formula is C19H19N3O3. The molecule has 1 aromatic carbocycles. The van der Waals surface area contributed by atoms with Crippen LogP contribution in [0.25, 0.3) is 22.0 Å². The first-order chi connectivity index (χ1) is 11.8. The Bertz CT molecular complexity index is 953. The molecule has 0 aliphatic rings. The number of ketones is 1. The quantitative estimate of drug-likeness (QED) is 0.659. The van der Waals surface area contributed by atoms with Crippen LogP contribution < -0.4 is 0 Å². The lowest BCUT2D eigenvalue weighted by molar-refractivity contribution is 0.0544. The van der Waals surface area contributed by atoms with Crippen LogP contribution in [0.4, 0.5) is 4.79 Å². The summed E-state index contributed by atoms with van der Waals surface area (Å²) >= 11 is 0. The van der Waals surface area contributed by atoms with Crippen molar-refractivity contribution in [3.8, 4) is 11.1 Å². The van der Waals surface area contributed by atoms with Crippen LogP contribution in [-0.2, 0) is 4.74 Å². The van der Waals surface area contributed by atoms with E-state index in [1.54, 1.807) is 39.2 Å². The van der Waals surface area contributed by atoms with E-state index in [2.05, 4.69) is 10.2 Å². The molecule has 3 aromatic rings. The van der Waals surface area contributed by atoms with Crippen LogP contribution in [0.15, 0.2) is 42.9 Å². The van der Waals surface area contributed by atoms with E-state index in [1.165, 1.54) is 17.7 Å². The Kier molecular flexibility index (Phi) is 4.12. The third-order valence-corrected chi connectivity index (χ3v) is 3.69. The summed E-state index contributed by atoms with van der Waals surface area (Å²) < 4.78 is 6.82. The van der Waals surface area contributed by atoms with E-state index in [4.69, 9.17) is 4.74 Å². The summed E-state index contributed by atoms with van der Waals surface area (Å²) in [6.07, 6.45) is 4.29. The molecule has 6 heteroatoms. The number of aromatic nitrogens is 3. The molecule has 0 saturated heterocycles. The average molecular weight is 337 g/mol. The van der Waals surface area contributed by atoms with Crippen LogP contribution in [-0.4, -0.2) is 32.2 Å². The Morgan fingerprint density at radius 3 is 2.44 bits per heavy atom. The maximum atomic E-state index is 12.5. The van der Waals surface area contributed by atoms with E-state index in [0.717, 1.165) is 11.1 Å². The van der Waals surface area contributed by atoms with Crippen molar-refractivity contribution in [1.82, 2.24) is 14.8 Å². The minimum Gasteiger partial charge on any atom is -0.443 e. The summed E-state index contributed by atoms with van der Waals surface area (Å²) in [4.78, 5) is 24.5. The van der Waals surface area contributed by atoms with Crippen molar-refractivity contribution in [2.24, 2.45) is 0 Å². The number of hydrogen-bond donors (Lipinski definition) is 0. The highest BCUT2D eigenvalue weighted by Crippen LogP contribution is 2.28. The van der Waals surface area contributed by atoms with Crippen molar-refractivity contribution in [1.29, 1.82) is 0 Å². The van der Waals surface area contributed by atoms with Gasteiger partial charge in [-0.15, -0.1) is 0 Å². The van der Waals surface area contributed by atoms with Gasteiger partial charge in [0.25, 0.3) is 0 Å². The Balaban J connectivity index is 2.15. The molecule has 128 valence electrons. The molecule has 25 heavy (non-hydrogen) atoms. The predicted molar refractivity (Wildman–Crippen MR) is 94.6 cm³/mol. The van der Waals surface area contributed by atoms with Gasteiger partial charge >= 0.3 is 6.09 Å². The maximum Gasteiger partial charge on any atom is 0.419 e. The van der Waals surface area contributed by atoms with Crippen LogP contribution in [0.1, 0.15) is 38.1 Å². The summed E-state index contributed by atoms with van der Waals surface area (Å²) in [6.45, 7) is 6.89. The molecule has 0 radical (unpaired) electrons. The summed E-state index contributed by atoms with van der Waals surface area (Å²) in [7, 11) is 0. The summed E-state index contributed by atoms with van der Waals surface area (Å²) in [6, 6.07) is 7.40. The molecule has 0 bridgehead atoms. The lowest BCUT2D eigenvalue weighted by Gasteiger charge is -2.19. The molecule has 0 atom stereocenters. The average Bonchev–Trinajstić information content (AvgIpc) is 2.93. The molecule has 0 fully saturated rings. The van der Waals surface area contributed by atoms with Crippen LogP contribution >= 0.6 is 0 Å². The topological polar surface area (TPSA) is 74.1 Å². The first-order valence-corrected chi connectivity index (χ1v) is 7.93. The third-order valence-electron chi connectivity index (χ3n) is 3.69. The third kappa shape index (κ3) is 3.42. The molecule has 0 N–H and O–H groups in total. The van der Waals surface area contributed by atoms with Gasteiger partial charge in [-0.1, -0.05) is 6.07 Å². The van der Waals surface area contributed by atoms with Gasteiger partial charge in [0.2, 0.25) is 0 Å². The van der Waals surface area contributed by atoms with Crippen molar-refractivity contribution in [2.75, 3.05) is 0 Å². The van der Waals surface area contributed by atoms with Gasteiger partial charge in [-0.3, -0.25) is 9.36 Å². The summed E-state index contributed by atoms with van der Waals surface area (Å²) in [5.41, 5.74) is 2.27. The van der Waals surface area contributed by atoms with Crippen LogP contribution in [0.5, 0.6) is 0 Å². The second kappa shape index (κ2) is 6.12. The van der Waals surface area contributed by atoms with E-state index >= 15 is 0 Å². The highest BCUT2D eigenvalue weighted by Gasteiger charge is 2.22. The van der Waals surface area contributed by atoms with E-state index in [-0.39, 0.29) is 5.78 Å². The number of carbonyl (C=O) groups is 2. The van der Waals surface area contributed by atoms with Gasteiger partial charge in [-0.05, 0) is 51.5 Å². The minimum atomic E-state index is -0.618. The van der Waals surface area contributed by atoms with E-state index in [0.29, 0.717) is 16.5 Å². The number of carbonyl (C=O) groups excluding carboxylic acids is 2. The Labute approximate surface area is 145 Å².